The summed E-state index contributed by atoms with van der Waals surface area (Å²) >= 11 is 0. The normalized spacial score (nSPS) is 15.8. The molecule has 1 saturated heterocycles. The zero-order chi connectivity index (χ0) is 23.4. The van der Waals surface area contributed by atoms with Gasteiger partial charge in [0, 0.05) is 44.0 Å². The number of piperidine rings is 1. The average Bonchev–Trinajstić information content (AvgIpc) is 3.32. The summed E-state index contributed by atoms with van der Waals surface area (Å²) in [5.74, 6) is 1.05. The molecule has 3 heterocycles. The number of H-pyrrole nitrogens is 1. The van der Waals surface area contributed by atoms with Crippen molar-refractivity contribution in [2.24, 2.45) is 0 Å². The number of nitrogens with zero attached hydrogens (tertiary/aromatic N) is 5. The van der Waals surface area contributed by atoms with Crippen molar-refractivity contribution >= 4 is 46.0 Å². The number of hydrogen-bond donors (Lipinski definition) is 3. The highest BCUT2D eigenvalue weighted by Crippen LogP contribution is 2.25. The molecule has 3 N–H and O–H groups in total. The highest BCUT2D eigenvalue weighted by atomic mass is 16.2. The van der Waals surface area contributed by atoms with Gasteiger partial charge in [-0.05, 0) is 43.2 Å². The minimum Gasteiger partial charge on any atom is -0.365 e. The van der Waals surface area contributed by atoms with Gasteiger partial charge in [-0.3, -0.25) is 14.7 Å². The van der Waals surface area contributed by atoms with Crippen molar-refractivity contribution in [1.82, 2.24) is 25.1 Å². The van der Waals surface area contributed by atoms with Crippen molar-refractivity contribution in [3.05, 3.63) is 43.1 Å². The van der Waals surface area contributed by atoms with Crippen LogP contribution in [-0.4, -0.2) is 63.1 Å². The van der Waals surface area contributed by atoms with E-state index in [1.807, 2.05) is 31.2 Å². The van der Waals surface area contributed by atoms with E-state index in [0.717, 1.165) is 36.1 Å². The predicted octanol–water partition coefficient (Wildman–Crippen LogP) is 3.06. The Balaban J connectivity index is 1.52. The molecule has 1 unspecified atom stereocenters. The smallest absolute Gasteiger partial charge is 0.246 e. The van der Waals surface area contributed by atoms with E-state index < -0.39 is 0 Å². The Morgan fingerprint density at radius 1 is 1.30 bits per heavy atom. The number of hydrogen-bond acceptors (Lipinski definition) is 7. The second kappa shape index (κ2) is 9.68. The lowest BCUT2D eigenvalue weighted by Gasteiger charge is -2.32. The van der Waals surface area contributed by atoms with Gasteiger partial charge in [-0.1, -0.05) is 13.5 Å². The van der Waals surface area contributed by atoms with Gasteiger partial charge in [0.15, 0.2) is 5.65 Å². The first-order valence-corrected chi connectivity index (χ1v) is 11.0. The van der Waals surface area contributed by atoms with Crippen LogP contribution in [0.25, 0.3) is 11.0 Å². The van der Waals surface area contributed by atoms with Gasteiger partial charge < -0.3 is 20.4 Å². The van der Waals surface area contributed by atoms with Crippen LogP contribution in [0.1, 0.15) is 26.2 Å². The van der Waals surface area contributed by atoms with E-state index in [1.54, 1.807) is 23.0 Å². The third kappa shape index (κ3) is 4.94. The number of carbonyl (C=O) groups excluding carboxylic acids is 2. The number of aromatic nitrogens is 4. The first kappa shape index (κ1) is 22.3. The van der Waals surface area contributed by atoms with E-state index >= 15 is 0 Å². The summed E-state index contributed by atoms with van der Waals surface area (Å²) in [5, 5.41) is 14.5. The van der Waals surface area contributed by atoms with Crippen LogP contribution in [0.15, 0.2) is 43.1 Å². The summed E-state index contributed by atoms with van der Waals surface area (Å²) in [6.45, 7) is 6.74. The number of anilines is 4. The van der Waals surface area contributed by atoms with Crippen LogP contribution in [0.4, 0.5) is 23.1 Å². The maximum atomic E-state index is 12.0. The van der Waals surface area contributed by atoms with Gasteiger partial charge in [0.2, 0.25) is 17.8 Å². The third-order valence-corrected chi connectivity index (χ3v) is 5.75. The van der Waals surface area contributed by atoms with E-state index in [9.17, 15) is 9.59 Å². The standard InChI is InChI=1S/C23H28N8O2/c1-4-19(32)30(3)17-10-8-15(9-11-17)26-23-27-21(18-13-24-29-22(18)28-23)25-16-7-6-12-31(14-16)20(33)5-2/h5,8-11,13,16H,2,4,6-7,12,14H2,1,3H3,(H3,24,25,26,27,28,29). The Labute approximate surface area is 192 Å². The molecule has 2 aromatic heterocycles. The maximum absolute atomic E-state index is 12.0. The number of benzene rings is 1. The summed E-state index contributed by atoms with van der Waals surface area (Å²) in [6.07, 6.45) is 5.32. The number of nitrogens with one attached hydrogen (secondary N) is 3. The first-order valence-electron chi connectivity index (χ1n) is 11.0. The largest absolute Gasteiger partial charge is 0.365 e. The molecular formula is C23H28N8O2. The highest BCUT2D eigenvalue weighted by Gasteiger charge is 2.23. The van der Waals surface area contributed by atoms with Crippen LogP contribution >= 0.6 is 0 Å². The molecule has 33 heavy (non-hydrogen) atoms. The van der Waals surface area contributed by atoms with Crippen LogP contribution in [0.2, 0.25) is 0 Å². The second-order valence-corrected chi connectivity index (χ2v) is 7.98. The van der Waals surface area contributed by atoms with E-state index in [1.165, 1.54) is 6.08 Å². The van der Waals surface area contributed by atoms with Crippen molar-refractivity contribution < 1.29 is 9.59 Å². The Morgan fingerprint density at radius 2 is 2.09 bits per heavy atom. The Morgan fingerprint density at radius 3 is 2.82 bits per heavy atom. The lowest BCUT2D eigenvalue weighted by atomic mass is 10.1. The molecular weight excluding hydrogens is 420 g/mol. The summed E-state index contributed by atoms with van der Waals surface area (Å²) in [5.41, 5.74) is 2.21. The van der Waals surface area contributed by atoms with Gasteiger partial charge in [0.05, 0.1) is 11.6 Å². The highest BCUT2D eigenvalue weighted by molar-refractivity contribution is 5.93. The molecule has 0 saturated carbocycles. The monoisotopic (exact) mass is 448 g/mol. The molecule has 0 spiro atoms. The molecule has 4 rings (SSSR count). The second-order valence-electron chi connectivity index (χ2n) is 7.98. The molecule has 1 aromatic carbocycles. The van der Waals surface area contributed by atoms with Gasteiger partial charge in [0.1, 0.15) is 5.82 Å². The molecule has 10 heteroatoms. The molecule has 1 atom stereocenters. The number of fused-ring (bicyclic) bond motifs is 1. The molecule has 172 valence electrons. The molecule has 1 aliphatic rings. The molecule has 3 aromatic rings. The van der Waals surface area contributed by atoms with Crippen LogP contribution in [0.3, 0.4) is 0 Å². The summed E-state index contributed by atoms with van der Waals surface area (Å²) in [4.78, 5) is 36.5. The minimum atomic E-state index is -0.0604. The fraction of sp³-hybridized carbons (Fsp3) is 0.348. The van der Waals surface area contributed by atoms with Gasteiger partial charge in [0.25, 0.3) is 0 Å². The van der Waals surface area contributed by atoms with Gasteiger partial charge in [-0.15, -0.1) is 0 Å². The first-order chi connectivity index (χ1) is 16.0. The number of likely N-dealkylation sites (tertiary alicyclic amines) is 1. The van der Waals surface area contributed by atoms with E-state index in [2.05, 4.69) is 37.4 Å². The van der Waals surface area contributed by atoms with Crippen molar-refractivity contribution in [2.75, 3.05) is 35.7 Å². The molecule has 1 aliphatic heterocycles. The minimum absolute atomic E-state index is 0.0514. The summed E-state index contributed by atoms with van der Waals surface area (Å²) in [7, 11) is 1.76. The number of rotatable bonds is 7. The van der Waals surface area contributed by atoms with Crippen LogP contribution < -0.4 is 15.5 Å². The molecule has 1 fully saturated rings. The fourth-order valence-corrected chi connectivity index (χ4v) is 3.90. The quantitative estimate of drug-likeness (QED) is 0.475. The van der Waals surface area contributed by atoms with Gasteiger partial charge in [-0.25, -0.2) is 0 Å². The van der Waals surface area contributed by atoms with Crippen LogP contribution in [0, 0.1) is 0 Å². The number of aromatic amines is 1. The summed E-state index contributed by atoms with van der Waals surface area (Å²) in [6, 6.07) is 7.56. The van der Waals surface area contributed by atoms with E-state index in [4.69, 9.17) is 0 Å². The lowest BCUT2D eigenvalue weighted by Crippen LogP contribution is -2.44. The van der Waals surface area contributed by atoms with Crippen molar-refractivity contribution in [1.29, 1.82) is 0 Å². The van der Waals surface area contributed by atoms with Gasteiger partial charge in [-0.2, -0.15) is 15.1 Å². The van der Waals surface area contributed by atoms with Crippen molar-refractivity contribution in [2.45, 2.75) is 32.2 Å². The molecule has 0 radical (unpaired) electrons. The van der Waals surface area contributed by atoms with Crippen LogP contribution in [-0.2, 0) is 9.59 Å². The molecule has 0 bridgehead atoms. The molecule has 2 amide bonds. The SMILES string of the molecule is C=CC(=O)N1CCCC(Nc2nc(Nc3ccc(N(C)C(=O)CC)cc3)nc3[nH]ncc23)C1. The predicted molar refractivity (Wildman–Crippen MR) is 129 cm³/mol. The number of carbonyl (C=O) groups is 2. The van der Waals surface area contributed by atoms with Gasteiger partial charge >= 0.3 is 0 Å². The van der Waals surface area contributed by atoms with E-state index in [-0.39, 0.29) is 17.9 Å². The Bertz CT molecular complexity index is 1160. The van der Waals surface area contributed by atoms with Crippen molar-refractivity contribution in [3.8, 4) is 0 Å². The lowest BCUT2D eigenvalue weighted by molar-refractivity contribution is -0.127. The maximum Gasteiger partial charge on any atom is 0.246 e. The number of amides is 2. The Kier molecular flexibility index (Phi) is 6.53. The Hall–Kier alpha value is -3.95. The molecule has 10 nitrogen and oxygen atoms in total. The zero-order valence-electron chi connectivity index (χ0n) is 18.8. The third-order valence-electron chi connectivity index (χ3n) is 5.75. The average molecular weight is 449 g/mol. The molecule has 0 aliphatic carbocycles. The topological polar surface area (TPSA) is 119 Å². The van der Waals surface area contributed by atoms with Crippen molar-refractivity contribution in [3.63, 3.8) is 0 Å². The van der Waals surface area contributed by atoms with E-state index in [0.29, 0.717) is 30.4 Å². The zero-order valence-corrected chi connectivity index (χ0v) is 18.8. The summed E-state index contributed by atoms with van der Waals surface area (Å²) < 4.78 is 0. The van der Waals surface area contributed by atoms with Crippen LogP contribution in [0.5, 0.6) is 0 Å². The fourth-order valence-electron chi connectivity index (χ4n) is 3.90.